The van der Waals surface area contributed by atoms with Crippen molar-refractivity contribution in [3.63, 3.8) is 0 Å². The SMILES string of the molecule is Cc1nc(-c2ccccc2)sc1C(=O)NC1CCN(C)CC1. The van der Waals surface area contributed by atoms with Crippen LogP contribution in [0, 0.1) is 6.92 Å². The molecular formula is C17H21N3OS. The van der Waals surface area contributed by atoms with Crippen LogP contribution in [0.25, 0.3) is 10.6 Å². The van der Waals surface area contributed by atoms with Gasteiger partial charge in [0.05, 0.1) is 5.69 Å². The summed E-state index contributed by atoms with van der Waals surface area (Å²) < 4.78 is 0. The van der Waals surface area contributed by atoms with E-state index in [0.717, 1.165) is 47.1 Å². The third kappa shape index (κ3) is 3.36. The fourth-order valence-corrected chi connectivity index (χ4v) is 3.69. The lowest BCUT2D eigenvalue weighted by Crippen LogP contribution is -2.43. The molecule has 1 aliphatic rings. The molecule has 0 aliphatic carbocycles. The summed E-state index contributed by atoms with van der Waals surface area (Å²) in [5, 5.41) is 4.08. The van der Waals surface area contributed by atoms with Gasteiger partial charge in [-0.2, -0.15) is 0 Å². The smallest absolute Gasteiger partial charge is 0.263 e. The number of aromatic nitrogens is 1. The normalized spacial score (nSPS) is 16.6. The maximum Gasteiger partial charge on any atom is 0.263 e. The van der Waals surface area contributed by atoms with Crippen molar-refractivity contribution < 1.29 is 4.79 Å². The Balaban J connectivity index is 1.72. The Labute approximate surface area is 135 Å². The molecule has 0 radical (unpaired) electrons. The average molecular weight is 315 g/mol. The third-order valence-corrected chi connectivity index (χ3v) is 5.28. The number of aryl methyl sites for hydroxylation is 1. The minimum atomic E-state index is 0.0201. The largest absolute Gasteiger partial charge is 0.348 e. The molecule has 22 heavy (non-hydrogen) atoms. The minimum Gasteiger partial charge on any atom is -0.348 e. The van der Waals surface area contributed by atoms with Crippen molar-refractivity contribution in [2.45, 2.75) is 25.8 Å². The molecule has 0 spiro atoms. The molecule has 0 atom stereocenters. The van der Waals surface area contributed by atoms with Crippen LogP contribution in [-0.4, -0.2) is 42.0 Å². The molecule has 1 aliphatic heterocycles. The molecule has 1 aromatic carbocycles. The van der Waals surface area contributed by atoms with Gasteiger partial charge in [0.25, 0.3) is 5.91 Å². The predicted molar refractivity (Wildman–Crippen MR) is 90.3 cm³/mol. The second kappa shape index (κ2) is 6.58. The van der Waals surface area contributed by atoms with E-state index >= 15 is 0 Å². The van der Waals surface area contributed by atoms with Crippen LogP contribution < -0.4 is 5.32 Å². The number of hydrogen-bond donors (Lipinski definition) is 1. The predicted octanol–water partition coefficient (Wildman–Crippen LogP) is 2.94. The number of carbonyl (C=O) groups excluding carboxylic acids is 1. The van der Waals surface area contributed by atoms with Gasteiger partial charge in [0.2, 0.25) is 0 Å². The van der Waals surface area contributed by atoms with Crippen molar-refractivity contribution in [2.24, 2.45) is 0 Å². The number of rotatable bonds is 3. The third-order valence-electron chi connectivity index (χ3n) is 4.08. The fraction of sp³-hybridized carbons (Fsp3) is 0.412. The highest BCUT2D eigenvalue weighted by Crippen LogP contribution is 2.27. The first-order valence-electron chi connectivity index (χ1n) is 7.66. The molecule has 1 aromatic heterocycles. The summed E-state index contributed by atoms with van der Waals surface area (Å²) in [6.45, 7) is 4.00. The van der Waals surface area contributed by atoms with Gasteiger partial charge in [-0.05, 0) is 39.9 Å². The van der Waals surface area contributed by atoms with Gasteiger partial charge in [0.15, 0.2) is 0 Å². The van der Waals surface area contributed by atoms with Crippen molar-refractivity contribution in [3.05, 3.63) is 40.9 Å². The topological polar surface area (TPSA) is 45.2 Å². The maximum atomic E-state index is 12.5. The van der Waals surface area contributed by atoms with Crippen molar-refractivity contribution in [2.75, 3.05) is 20.1 Å². The molecule has 5 heteroatoms. The first kappa shape index (κ1) is 15.2. The van der Waals surface area contributed by atoms with E-state index in [9.17, 15) is 4.79 Å². The van der Waals surface area contributed by atoms with Crippen LogP contribution in [0.2, 0.25) is 0 Å². The summed E-state index contributed by atoms with van der Waals surface area (Å²) in [6, 6.07) is 10.3. The van der Waals surface area contributed by atoms with Crippen LogP contribution in [0.4, 0.5) is 0 Å². The zero-order chi connectivity index (χ0) is 15.5. The highest BCUT2D eigenvalue weighted by molar-refractivity contribution is 7.17. The van der Waals surface area contributed by atoms with E-state index in [1.54, 1.807) is 0 Å². The first-order chi connectivity index (χ1) is 10.6. The molecule has 4 nitrogen and oxygen atoms in total. The van der Waals surface area contributed by atoms with E-state index in [0.29, 0.717) is 0 Å². The molecule has 1 amide bonds. The number of nitrogens with zero attached hydrogens (tertiary/aromatic N) is 2. The van der Waals surface area contributed by atoms with Crippen LogP contribution in [-0.2, 0) is 0 Å². The average Bonchev–Trinajstić information content (AvgIpc) is 2.92. The summed E-state index contributed by atoms with van der Waals surface area (Å²) in [5.74, 6) is 0.0201. The van der Waals surface area contributed by atoms with Gasteiger partial charge >= 0.3 is 0 Å². The van der Waals surface area contributed by atoms with Crippen molar-refractivity contribution >= 4 is 17.2 Å². The molecule has 2 heterocycles. The number of piperidine rings is 1. The Kier molecular flexibility index (Phi) is 4.55. The fourth-order valence-electron chi connectivity index (χ4n) is 2.72. The second-order valence-corrected chi connectivity index (χ2v) is 6.85. The quantitative estimate of drug-likeness (QED) is 0.947. The highest BCUT2D eigenvalue weighted by atomic mass is 32.1. The molecule has 0 unspecified atom stereocenters. The van der Waals surface area contributed by atoms with Crippen LogP contribution in [0.3, 0.4) is 0 Å². The van der Waals surface area contributed by atoms with Gasteiger partial charge in [0, 0.05) is 11.6 Å². The van der Waals surface area contributed by atoms with Gasteiger partial charge in [-0.3, -0.25) is 4.79 Å². The monoisotopic (exact) mass is 315 g/mol. The molecule has 1 saturated heterocycles. The van der Waals surface area contributed by atoms with Crippen molar-refractivity contribution in [3.8, 4) is 10.6 Å². The zero-order valence-electron chi connectivity index (χ0n) is 13.0. The Hall–Kier alpha value is -1.72. The van der Waals surface area contributed by atoms with Gasteiger partial charge in [-0.15, -0.1) is 11.3 Å². The molecule has 1 N–H and O–H groups in total. The number of hydrogen-bond acceptors (Lipinski definition) is 4. The van der Waals surface area contributed by atoms with E-state index in [-0.39, 0.29) is 11.9 Å². The zero-order valence-corrected chi connectivity index (χ0v) is 13.8. The Morgan fingerprint density at radius 3 is 2.64 bits per heavy atom. The Morgan fingerprint density at radius 1 is 1.27 bits per heavy atom. The van der Waals surface area contributed by atoms with Crippen LogP contribution in [0.15, 0.2) is 30.3 Å². The number of likely N-dealkylation sites (tertiary alicyclic amines) is 1. The lowest BCUT2D eigenvalue weighted by Gasteiger charge is -2.29. The summed E-state index contributed by atoms with van der Waals surface area (Å²) in [4.78, 5) is 20.1. The summed E-state index contributed by atoms with van der Waals surface area (Å²) in [7, 11) is 2.12. The number of nitrogens with one attached hydrogen (secondary N) is 1. The minimum absolute atomic E-state index is 0.0201. The molecule has 0 bridgehead atoms. The number of carbonyl (C=O) groups is 1. The molecule has 3 rings (SSSR count). The Bertz CT molecular complexity index is 645. The molecule has 2 aromatic rings. The molecule has 0 saturated carbocycles. The van der Waals surface area contributed by atoms with Gasteiger partial charge in [-0.1, -0.05) is 30.3 Å². The van der Waals surface area contributed by atoms with Crippen molar-refractivity contribution in [1.29, 1.82) is 0 Å². The summed E-state index contributed by atoms with van der Waals surface area (Å²) >= 11 is 1.48. The maximum absolute atomic E-state index is 12.5. The number of amides is 1. The van der Waals surface area contributed by atoms with Crippen LogP contribution in [0.5, 0.6) is 0 Å². The van der Waals surface area contributed by atoms with Crippen LogP contribution >= 0.6 is 11.3 Å². The van der Waals surface area contributed by atoms with Gasteiger partial charge in [-0.25, -0.2) is 4.98 Å². The molecule has 1 fully saturated rings. The number of benzene rings is 1. The van der Waals surface area contributed by atoms with E-state index in [4.69, 9.17) is 0 Å². The summed E-state index contributed by atoms with van der Waals surface area (Å²) in [5.41, 5.74) is 1.88. The van der Waals surface area contributed by atoms with E-state index < -0.39 is 0 Å². The van der Waals surface area contributed by atoms with Gasteiger partial charge < -0.3 is 10.2 Å². The standard InChI is InChI=1S/C17H21N3OS/c1-12-15(16(21)19-14-8-10-20(2)11-9-14)22-17(18-12)13-6-4-3-5-7-13/h3-7,14H,8-11H2,1-2H3,(H,19,21). The van der Waals surface area contributed by atoms with E-state index in [2.05, 4.69) is 22.2 Å². The highest BCUT2D eigenvalue weighted by Gasteiger charge is 2.22. The molecular weight excluding hydrogens is 294 g/mol. The van der Waals surface area contributed by atoms with Crippen molar-refractivity contribution in [1.82, 2.24) is 15.2 Å². The number of thiazole rings is 1. The van der Waals surface area contributed by atoms with E-state index in [1.807, 2.05) is 37.3 Å². The van der Waals surface area contributed by atoms with Crippen LogP contribution in [0.1, 0.15) is 28.2 Å². The lowest BCUT2D eigenvalue weighted by molar-refractivity contribution is 0.0920. The Morgan fingerprint density at radius 2 is 1.95 bits per heavy atom. The van der Waals surface area contributed by atoms with E-state index in [1.165, 1.54) is 11.3 Å². The second-order valence-electron chi connectivity index (χ2n) is 5.85. The van der Waals surface area contributed by atoms with Gasteiger partial charge in [0.1, 0.15) is 9.88 Å². The first-order valence-corrected chi connectivity index (χ1v) is 8.47. The lowest BCUT2D eigenvalue weighted by atomic mass is 10.1. The molecule has 116 valence electrons. The summed E-state index contributed by atoms with van der Waals surface area (Å²) in [6.07, 6.45) is 2.04.